The van der Waals surface area contributed by atoms with Gasteiger partial charge in [-0.05, 0) is 38.7 Å². The Morgan fingerprint density at radius 1 is 1.35 bits per heavy atom. The molecule has 2 N–H and O–H groups in total. The Labute approximate surface area is 121 Å². The first-order valence-electron chi connectivity index (χ1n) is 7.44. The van der Waals surface area contributed by atoms with Crippen LogP contribution < -0.4 is 15.4 Å². The highest BCUT2D eigenvalue weighted by Crippen LogP contribution is 2.38. The van der Waals surface area contributed by atoms with E-state index in [0.717, 1.165) is 36.2 Å². The third-order valence-electron chi connectivity index (χ3n) is 3.89. The second kappa shape index (κ2) is 6.84. The average Bonchev–Trinajstić information content (AvgIpc) is 3.23. The molecule has 0 heterocycles. The van der Waals surface area contributed by atoms with Crippen LogP contribution in [-0.2, 0) is 4.74 Å². The van der Waals surface area contributed by atoms with Crippen LogP contribution in [0.2, 0.25) is 0 Å². The van der Waals surface area contributed by atoms with Crippen LogP contribution in [0.25, 0.3) is 0 Å². The minimum absolute atomic E-state index is 0.515. The normalized spacial score (nSPS) is 15.9. The van der Waals surface area contributed by atoms with Crippen molar-refractivity contribution in [3.8, 4) is 5.75 Å². The lowest BCUT2D eigenvalue weighted by atomic mass is 10.1. The molecule has 1 unspecified atom stereocenters. The molecule has 0 spiro atoms. The van der Waals surface area contributed by atoms with E-state index in [2.05, 4.69) is 17.9 Å². The van der Waals surface area contributed by atoms with Gasteiger partial charge in [-0.1, -0.05) is 0 Å². The van der Waals surface area contributed by atoms with Crippen molar-refractivity contribution < 1.29 is 9.47 Å². The molecule has 0 saturated heterocycles. The van der Waals surface area contributed by atoms with Gasteiger partial charge in [-0.3, -0.25) is 0 Å². The number of rotatable bonds is 8. The van der Waals surface area contributed by atoms with Crippen LogP contribution in [0.4, 0.5) is 11.4 Å². The summed E-state index contributed by atoms with van der Waals surface area (Å²) in [5, 5.41) is 0. The minimum Gasteiger partial charge on any atom is -0.494 e. The molecule has 1 saturated carbocycles. The van der Waals surface area contributed by atoms with E-state index in [-0.39, 0.29) is 0 Å². The number of nitrogens with two attached hydrogens (primary N) is 1. The quantitative estimate of drug-likeness (QED) is 0.743. The molecule has 0 aromatic heterocycles. The van der Waals surface area contributed by atoms with Crippen LogP contribution in [0, 0.1) is 5.92 Å². The van der Waals surface area contributed by atoms with Gasteiger partial charge in [0.05, 0.1) is 13.2 Å². The van der Waals surface area contributed by atoms with Crippen LogP contribution >= 0.6 is 0 Å². The van der Waals surface area contributed by atoms with Gasteiger partial charge in [-0.2, -0.15) is 0 Å². The van der Waals surface area contributed by atoms with Gasteiger partial charge in [0.1, 0.15) is 5.75 Å². The van der Waals surface area contributed by atoms with Crippen molar-refractivity contribution >= 4 is 11.4 Å². The molecule has 0 radical (unpaired) electrons. The van der Waals surface area contributed by atoms with E-state index >= 15 is 0 Å². The van der Waals surface area contributed by atoms with Crippen molar-refractivity contribution in [1.82, 2.24) is 0 Å². The highest BCUT2D eigenvalue weighted by molar-refractivity contribution is 5.61. The van der Waals surface area contributed by atoms with E-state index in [1.54, 1.807) is 7.11 Å². The summed E-state index contributed by atoms with van der Waals surface area (Å²) in [6.07, 6.45) is 2.65. The topological polar surface area (TPSA) is 47.7 Å². The molecule has 2 rings (SSSR count). The van der Waals surface area contributed by atoms with Gasteiger partial charge in [-0.15, -0.1) is 0 Å². The molecule has 4 nitrogen and oxygen atoms in total. The first-order chi connectivity index (χ1) is 9.65. The summed E-state index contributed by atoms with van der Waals surface area (Å²) >= 11 is 0. The first kappa shape index (κ1) is 15.0. The van der Waals surface area contributed by atoms with Crippen molar-refractivity contribution in [2.24, 2.45) is 5.92 Å². The molecule has 1 aliphatic carbocycles. The number of anilines is 2. The van der Waals surface area contributed by atoms with Crippen LogP contribution in [0.3, 0.4) is 0 Å². The van der Waals surface area contributed by atoms with Crippen LogP contribution in [0.1, 0.15) is 26.7 Å². The summed E-state index contributed by atoms with van der Waals surface area (Å²) in [4.78, 5) is 2.39. The van der Waals surface area contributed by atoms with Crippen molar-refractivity contribution in [2.45, 2.75) is 32.7 Å². The lowest BCUT2D eigenvalue weighted by molar-refractivity contribution is 0.202. The highest BCUT2D eigenvalue weighted by Gasteiger charge is 2.32. The van der Waals surface area contributed by atoms with Gasteiger partial charge in [-0.25, -0.2) is 0 Å². The van der Waals surface area contributed by atoms with Gasteiger partial charge >= 0.3 is 0 Å². The number of ether oxygens (including phenoxy) is 2. The Kier molecular flexibility index (Phi) is 5.12. The van der Waals surface area contributed by atoms with E-state index in [4.69, 9.17) is 15.2 Å². The average molecular weight is 278 g/mol. The second-order valence-corrected chi connectivity index (χ2v) is 5.46. The molecule has 1 aliphatic rings. The third kappa shape index (κ3) is 3.79. The maximum atomic E-state index is 6.01. The number of nitrogen functional groups attached to an aromatic ring is 1. The Bertz CT molecular complexity index is 432. The number of benzene rings is 1. The molecule has 1 aromatic carbocycles. The highest BCUT2D eigenvalue weighted by atomic mass is 16.5. The number of nitrogens with zero attached hydrogens (tertiary/aromatic N) is 1. The molecule has 0 bridgehead atoms. The molecule has 20 heavy (non-hydrogen) atoms. The summed E-state index contributed by atoms with van der Waals surface area (Å²) in [5.74, 6) is 1.64. The molecule has 1 aromatic rings. The molecular formula is C16H26N2O2. The van der Waals surface area contributed by atoms with Crippen LogP contribution in [-0.4, -0.2) is 32.9 Å². The molecule has 1 atom stereocenters. The van der Waals surface area contributed by atoms with E-state index in [1.807, 2.05) is 19.1 Å². The Morgan fingerprint density at radius 3 is 2.70 bits per heavy atom. The van der Waals surface area contributed by atoms with E-state index < -0.39 is 0 Å². The fraction of sp³-hybridized carbons (Fsp3) is 0.625. The van der Waals surface area contributed by atoms with Gasteiger partial charge in [0.15, 0.2) is 0 Å². The van der Waals surface area contributed by atoms with Gasteiger partial charge < -0.3 is 20.1 Å². The van der Waals surface area contributed by atoms with Crippen molar-refractivity contribution in [1.29, 1.82) is 0 Å². The van der Waals surface area contributed by atoms with Gasteiger partial charge in [0.25, 0.3) is 0 Å². The molecule has 0 amide bonds. The Hall–Kier alpha value is -1.42. The smallest absolute Gasteiger partial charge is 0.123 e. The Balaban J connectivity index is 2.21. The Morgan fingerprint density at radius 2 is 2.10 bits per heavy atom. The largest absolute Gasteiger partial charge is 0.494 e. The molecular weight excluding hydrogens is 252 g/mol. The maximum absolute atomic E-state index is 6.01. The summed E-state index contributed by atoms with van der Waals surface area (Å²) in [6.45, 7) is 6.52. The third-order valence-corrected chi connectivity index (χ3v) is 3.89. The summed E-state index contributed by atoms with van der Waals surface area (Å²) in [7, 11) is 1.74. The van der Waals surface area contributed by atoms with Gasteiger partial charge in [0, 0.05) is 43.2 Å². The second-order valence-electron chi connectivity index (χ2n) is 5.46. The molecule has 1 fully saturated rings. The van der Waals surface area contributed by atoms with Crippen LogP contribution in [0.15, 0.2) is 18.2 Å². The SMILES string of the molecule is CCOc1cc(N)cc(N(CCOC)C(C)C2CC2)c1. The zero-order valence-corrected chi connectivity index (χ0v) is 12.8. The minimum atomic E-state index is 0.515. The van der Waals surface area contributed by atoms with Gasteiger partial charge in [0.2, 0.25) is 0 Å². The number of hydrogen-bond donors (Lipinski definition) is 1. The summed E-state index contributed by atoms with van der Waals surface area (Å²) < 4.78 is 10.8. The predicted octanol–water partition coefficient (Wildman–Crippen LogP) is 2.92. The zero-order valence-electron chi connectivity index (χ0n) is 12.8. The van der Waals surface area contributed by atoms with Crippen molar-refractivity contribution in [3.05, 3.63) is 18.2 Å². The van der Waals surface area contributed by atoms with Crippen molar-refractivity contribution in [3.63, 3.8) is 0 Å². The van der Waals surface area contributed by atoms with E-state index in [1.165, 1.54) is 12.8 Å². The van der Waals surface area contributed by atoms with E-state index in [0.29, 0.717) is 12.6 Å². The standard InChI is InChI=1S/C16H26N2O2/c1-4-20-16-10-14(17)9-15(11-16)18(7-8-19-3)12(2)13-5-6-13/h9-13H,4-8,17H2,1-3H3. The lowest BCUT2D eigenvalue weighted by Crippen LogP contribution is -2.37. The fourth-order valence-electron chi connectivity index (χ4n) is 2.61. The van der Waals surface area contributed by atoms with Crippen LogP contribution in [0.5, 0.6) is 5.75 Å². The lowest BCUT2D eigenvalue weighted by Gasteiger charge is -2.32. The predicted molar refractivity (Wildman–Crippen MR) is 83.4 cm³/mol. The van der Waals surface area contributed by atoms with Crippen molar-refractivity contribution in [2.75, 3.05) is 37.5 Å². The van der Waals surface area contributed by atoms with E-state index in [9.17, 15) is 0 Å². The zero-order chi connectivity index (χ0) is 14.5. The molecule has 0 aliphatic heterocycles. The number of hydrogen-bond acceptors (Lipinski definition) is 4. The summed E-state index contributed by atoms with van der Waals surface area (Å²) in [6, 6.07) is 6.50. The number of methoxy groups -OCH3 is 1. The molecule has 4 heteroatoms. The molecule has 112 valence electrons. The summed E-state index contributed by atoms with van der Waals surface area (Å²) in [5.41, 5.74) is 7.89. The monoisotopic (exact) mass is 278 g/mol. The maximum Gasteiger partial charge on any atom is 0.123 e. The fourth-order valence-corrected chi connectivity index (χ4v) is 2.61. The first-order valence-corrected chi connectivity index (χ1v) is 7.44.